The average Bonchev–Trinajstić information content (AvgIpc) is 2.91. The minimum absolute atomic E-state index is 0.0261. The van der Waals surface area contributed by atoms with Crippen LogP contribution >= 0.6 is 0 Å². The van der Waals surface area contributed by atoms with E-state index in [1.807, 2.05) is 0 Å². The molecular weight excluding hydrogens is 294 g/mol. The number of imidazole rings is 1. The Morgan fingerprint density at radius 2 is 2.19 bits per heavy atom. The van der Waals surface area contributed by atoms with Crippen molar-refractivity contribution in [2.24, 2.45) is 0 Å². The van der Waals surface area contributed by atoms with E-state index in [9.17, 15) is 13.2 Å². The third-order valence-electron chi connectivity index (χ3n) is 2.93. The van der Waals surface area contributed by atoms with Crippen molar-refractivity contribution in [2.45, 2.75) is 18.2 Å². The molecule has 1 aromatic heterocycles. The van der Waals surface area contributed by atoms with Crippen molar-refractivity contribution in [1.29, 1.82) is 0 Å². The van der Waals surface area contributed by atoms with Gasteiger partial charge in [0, 0.05) is 25.4 Å². The molecule has 0 spiro atoms. The number of aromatic amines is 1. The highest BCUT2D eigenvalue weighted by Gasteiger charge is 2.18. The number of carboxylic acids is 1. The highest BCUT2D eigenvalue weighted by Crippen LogP contribution is 2.17. The molecule has 0 aliphatic carbocycles. The number of aromatic carboxylic acids is 1. The predicted octanol–water partition coefficient (Wildman–Crippen LogP) is 0.937. The van der Waals surface area contributed by atoms with Gasteiger partial charge in [0.25, 0.3) is 0 Å². The monoisotopic (exact) mass is 309 g/mol. The zero-order valence-corrected chi connectivity index (χ0v) is 12.1. The first-order valence-electron chi connectivity index (χ1n) is 6.22. The molecule has 0 fully saturated rings. The first kappa shape index (κ1) is 15.2. The van der Waals surface area contributed by atoms with Crippen LogP contribution in [0.4, 0.5) is 0 Å². The summed E-state index contributed by atoms with van der Waals surface area (Å²) in [4.78, 5) is 17.8. The number of carboxylic acid groups (broad SMARTS) is 1. The van der Waals surface area contributed by atoms with Crippen molar-refractivity contribution in [3.8, 4) is 0 Å². The third-order valence-corrected chi connectivity index (χ3v) is 4.54. The lowest BCUT2D eigenvalue weighted by Crippen LogP contribution is -2.27. The van der Waals surface area contributed by atoms with Crippen LogP contribution in [0.5, 0.6) is 0 Å². The summed E-state index contributed by atoms with van der Waals surface area (Å²) >= 11 is 0. The summed E-state index contributed by atoms with van der Waals surface area (Å²) < 4.78 is 26.9. The third kappa shape index (κ3) is 3.67. The van der Waals surface area contributed by atoms with Crippen molar-refractivity contribution in [1.82, 2.24) is 14.7 Å². The zero-order valence-electron chi connectivity index (χ0n) is 11.3. The van der Waals surface area contributed by atoms with Crippen molar-refractivity contribution in [2.75, 3.05) is 6.54 Å². The molecule has 0 saturated carbocycles. The minimum Gasteiger partial charge on any atom is -0.478 e. The van der Waals surface area contributed by atoms with Gasteiger partial charge >= 0.3 is 5.97 Å². The Morgan fingerprint density at radius 1 is 1.43 bits per heavy atom. The molecule has 1 heterocycles. The van der Waals surface area contributed by atoms with Crippen LogP contribution in [0.25, 0.3) is 0 Å². The number of aryl methyl sites for hydroxylation is 1. The van der Waals surface area contributed by atoms with E-state index in [4.69, 9.17) is 5.11 Å². The van der Waals surface area contributed by atoms with Crippen LogP contribution in [0, 0.1) is 6.92 Å². The number of hydrogen-bond donors (Lipinski definition) is 3. The Morgan fingerprint density at radius 3 is 2.81 bits per heavy atom. The van der Waals surface area contributed by atoms with Crippen LogP contribution in [0.2, 0.25) is 0 Å². The SMILES string of the molecule is Cc1ccc(C(=O)O)cc1S(=O)(=O)NCCc1ncc[nH]1. The van der Waals surface area contributed by atoms with E-state index in [0.717, 1.165) is 6.07 Å². The van der Waals surface area contributed by atoms with Gasteiger partial charge in [-0.3, -0.25) is 0 Å². The molecule has 2 aromatic rings. The molecule has 1 aromatic carbocycles. The van der Waals surface area contributed by atoms with Crippen LogP contribution in [0.15, 0.2) is 35.5 Å². The maximum Gasteiger partial charge on any atom is 0.335 e. The first-order chi connectivity index (χ1) is 9.90. The van der Waals surface area contributed by atoms with E-state index in [-0.39, 0.29) is 17.0 Å². The van der Waals surface area contributed by atoms with Crippen LogP contribution in [0.3, 0.4) is 0 Å². The summed E-state index contributed by atoms with van der Waals surface area (Å²) in [6, 6.07) is 4.01. The minimum atomic E-state index is -3.76. The van der Waals surface area contributed by atoms with Crippen LogP contribution in [0.1, 0.15) is 21.7 Å². The number of nitrogens with zero attached hydrogens (tertiary/aromatic N) is 1. The maximum absolute atomic E-state index is 12.2. The summed E-state index contributed by atoms with van der Waals surface area (Å²) in [6.07, 6.45) is 3.67. The maximum atomic E-state index is 12.2. The van der Waals surface area contributed by atoms with Gasteiger partial charge in [0.1, 0.15) is 5.82 Å². The standard InChI is InChI=1S/C13H15N3O4S/c1-9-2-3-10(13(17)18)8-11(9)21(19,20)16-5-4-12-14-6-7-15-12/h2-3,6-8,16H,4-5H2,1H3,(H,14,15)(H,17,18). The summed E-state index contributed by atoms with van der Waals surface area (Å²) in [5.41, 5.74) is 0.428. The fourth-order valence-corrected chi connectivity index (χ4v) is 3.14. The molecule has 0 saturated heterocycles. The molecule has 7 nitrogen and oxygen atoms in total. The summed E-state index contributed by atoms with van der Waals surface area (Å²) in [5, 5.41) is 8.94. The van der Waals surface area contributed by atoms with Crippen LogP contribution < -0.4 is 4.72 Å². The number of H-pyrrole nitrogens is 1. The van der Waals surface area contributed by atoms with Crippen molar-refractivity contribution in [3.63, 3.8) is 0 Å². The fraction of sp³-hybridized carbons (Fsp3) is 0.231. The lowest BCUT2D eigenvalue weighted by atomic mass is 10.1. The lowest BCUT2D eigenvalue weighted by molar-refractivity contribution is 0.0696. The number of nitrogens with one attached hydrogen (secondary N) is 2. The largest absolute Gasteiger partial charge is 0.478 e. The zero-order chi connectivity index (χ0) is 15.5. The summed E-state index contributed by atoms with van der Waals surface area (Å²) in [5.74, 6) is -0.490. The van der Waals surface area contributed by atoms with Crippen LogP contribution in [-0.2, 0) is 16.4 Å². The van der Waals surface area contributed by atoms with E-state index in [1.54, 1.807) is 19.3 Å². The number of carbonyl (C=O) groups is 1. The quantitative estimate of drug-likeness (QED) is 0.735. The van der Waals surface area contributed by atoms with Gasteiger partial charge in [-0.2, -0.15) is 0 Å². The Hall–Kier alpha value is -2.19. The van der Waals surface area contributed by atoms with Crippen LogP contribution in [-0.4, -0.2) is 36.0 Å². The first-order valence-corrected chi connectivity index (χ1v) is 7.70. The second-order valence-corrected chi connectivity index (χ2v) is 6.20. The summed E-state index contributed by atoms with van der Waals surface area (Å²) in [7, 11) is -3.76. The number of sulfonamides is 1. The van der Waals surface area contributed by atoms with Gasteiger partial charge in [-0.25, -0.2) is 22.9 Å². The smallest absolute Gasteiger partial charge is 0.335 e. The molecule has 0 radical (unpaired) electrons. The molecule has 0 amide bonds. The molecule has 8 heteroatoms. The highest BCUT2D eigenvalue weighted by molar-refractivity contribution is 7.89. The van der Waals surface area contributed by atoms with Gasteiger partial charge in [-0.15, -0.1) is 0 Å². The Balaban J connectivity index is 2.15. The number of hydrogen-bond acceptors (Lipinski definition) is 4. The molecule has 0 aliphatic rings. The van der Waals surface area contributed by atoms with E-state index >= 15 is 0 Å². The molecule has 21 heavy (non-hydrogen) atoms. The molecule has 0 aliphatic heterocycles. The molecular formula is C13H15N3O4S. The second kappa shape index (κ2) is 6.06. The highest BCUT2D eigenvalue weighted by atomic mass is 32.2. The normalized spacial score (nSPS) is 11.5. The van der Waals surface area contributed by atoms with E-state index in [0.29, 0.717) is 17.8 Å². The van der Waals surface area contributed by atoms with Gasteiger partial charge in [0.2, 0.25) is 10.0 Å². The lowest BCUT2D eigenvalue weighted by Gasteiger charge is -2.09. The Labute approximate surface area is 122 Å². The molecule has 0 bridgehead atoms. The second-order valence-electron chi connectivity index (χ2n) is 4.47. The molecule has 0 unspecified atom stereocenters. The van der Waals surface area contributed by atoms with Crippen molar-refractivity contribution < 1.29 is 18.3 Å². The van der Waals surface area contributed by atoms with Crippen molar-refractivity contribution in [3.05, 3.63) is 47.5 Å². The number of rotatable bonds is 6. The molecule has 3 N–H and O–H groups in total. The predicted molar refractivity (Wildman–Crippen MR) is 75.6 cm³/mol. The van der Waals surface area contributed by atoms with Gasteiger partial charge in [-0.05, 0) is 24.6 Å². The van der Waals surface area contributed by atoms with E-state index in [1.165, 1.54) is 12.1 Å². The van der Waals surface area contributed by atoms with Gasteiger partial charge in [0.05, 0.1) is 10.5 Å². The Kier molecular flexibility index (Phi) is 4.39. The van der Waals surface area contributed by atoms with Gasteiger partial charge < -0.3 is 10.1 Å². The molecule has 2 rings (SSSR count). The summed E-state index contributed by atoms with van der Waals surface area (Å²) in [6.45, 7) is 1.79. The van der Waals surface area contributed by atoms with E-state index < -0.39 is 16.0 Å². The van der Waals surface area contributed by atoms with Gasteiger partial charge in [0.15, 0.2) is 0 Å². The Bertz CT molecular complexity index is 739. The average molecular weight is 309 g/mol. The molecule has 112 valence electrons. The topological polar surface area (TPSA) is 112 Å². The van der Waals surface area contributed by atoms with E-state index in [2.05, 4.69) is 14.7 Å². The van der Waals surface area contributed by atoms with Gasteiger partial charge in [-0.1, -0.05) is 6.07 Å². The molecule has 0 atom stereocenters. The number of aromatic nitrogens is 2. The fourth-order valence-electron chi connectivity index (χ4n) is 1.84. The number of benzene rings is 1. The van der Waals surface area contributed by atoms with Crippen molar-refractivity contribution >= 4 is 16.0 Å².